The summed E-state index contributed by atoms with van der Waals surface area (Å²) in [6, 6.07) is 9.45. The van der Waals surface area contributed by atoms with Gasteiger partial charge >= 0.3 is 5.97 Å². The van der Waals surface area contributed by atoms with E-state index in [1.807, 2.05) is 30.3 Å². The maximum atomic E-state index is 11.2. The smallest absolute Gasteiger partial charge is 0.311 e. The molecule has 0 amide bonds. The lowest BCUT2D eigenvalue weighted by molar-refractivity contribution is -0.150. The topological polar surface area (TPSA) is 46.5 Å². The van der Waals surface area contributed by atoms with Gasteiger partial charge in [-0.15, -0.1) is 0 Å². The van der Waals surface area contributed by atoms with Crippen molar-refractivity contribution < 1.29 is 14.6 Å². The van der Waals surface area contributed by atoms with Crippen molar-refractivity contribution >= 4 is 5.97 Å². The van der Waals surface area contributed by atoms with E-state index in [0.717, 1.165) is 5.56 Å². The lowest BCUT2D eigenvalue weighted by Crippen LogP contribution is -2.17. The van der Waals surface area contributed by atoms with Crippen LogP contribution in [0.4, 0.5) is 0 Å². The Morgan fingerprint density at radius 2 is 2.07 bits per heavy atom. The van der Waals surface area contributed by atoms with Gasteiger partial charge in [-0.3, -0.25) is 4.79 Å². The summed E-state index contributed by atoms with van der Waals surface area (Å²) in [5.74, 6) is -0.810. The molecule has 0 aliphatic heterocycles. The highest BCUT2D eigenvalue weighted by Crippen LogP contribution is 2.03. The van der Waals surface area contributed by atoms with Crippen LogP contribution in [0.15, 0.2) is 30.3 Å². The van der Waals surface area contributed by atoms with Gasteiger partial charge in [0.1, 0.15) is 6.61 Å². The quantitative estimate of drug-likeness (QED) is 0.736. The molecule has 1 atom stereocenters. The molecule has 0 fully saturated rings. The number of benzene rings is 1. The van der Waals surface area contributed by atoms with Crippen molar-refractivity contribution in [3.63, 3.8) is 0 Å². The first-order chi connectivity index (χ1) is 6.74. The van der Waals surface area contributed by atoms with E-state index in [-0.39, 0.29) is 19.2 Å². The first-order valence-corrected chi connectivity index (χ1v) is 4.55. The minimum absolute atomic E-state index is 0.173. The number of aliphatic hydroxyl groups excluding tert-OH is 1. The average molecular weight is 194 g/mol. The zero-order chi connectivity index (χ0) is 10.4. The van der Waals surface area contributed by atoms with Crippen molar-refractivity contribution in [3.05, 3.63) is 35.9 Å². The van der Waals surface area contributed by atoms with Crippen molar-refractivity contribution in [2.45, 2.75) is 13.5 Å². The van der Waals surface area contributed by atoms with E-state index < -0.39 is 5.92 Å². The molecule has 1 rings (SSSR count). The maximum absolute atomic E-state index is 11.2. The summed E-state index contributed by atoms with van der Waals surface area (Å²) in [5, 5.41) is 8.70. The molecule has 0 saturated carbocycles. The second kappa shape index (κ2) is 5.40. The number of carbonyl (C=O) groups excluding carboxylic acids is 1. The average Bonchev–Trinajstić information content (AvgIpc) is 2.26. The van der Waals surface area contributed by atoms with Crippen molar-refractivity contribution in [1.82, 2.24) is 0 Å². The minimum Gasteiger partial charge on any atom is -0.461 e. The normalized spacial score (nSPS) is 12.1. The van der Waals surface area contributed by atoms with Gasteiger partial charge < -0.3 is 9.84 Å². The number of rotatable bonds is 4. The van der Waals surface area contributed by atoms with E-state index in [0.29, 0.717) is 0 Å². The van der Waals surface area contributed by atoms with Crippen molar-refractivity contribution in [2.75, 3.05) is 6.61 Å². The summed E-state index contributed by atoms with van der Waals surface area (Å²) in [6.07, 6.45) is 0. The lowest BCUT2D eigenvalue weighted by atomic mass is 10.2. The number of esters is 1. The Kier molecular flexibility index (Phi) is 4.13. The predicted molar refractivity (Wildman–Crippen MR) is 52.5 cm³/mol. The Labute approximate surface area is 83.3 Å². The molecule has 0 heterocycles. The Balaban J connectivity index is 2.38. The second-order valence-corrected chi connectivity index (χ2v) is 3.18. The maximum Gasteiger partial charge on any atom is 0.311 e. The van der Waals surface area contributed by atoms with Gasteiger partial charge in [0.2, 0.25) is 0 Å². The molecule has 76 valence electrons. The minimum atomic E-state index is -0.446. The van der Waals surface area contributed by atoms with Gasteiger partial charge in [0.15, 0.2) is 0 Å². The Morgan fingerprint density at radius 1 is 1.43 bits per heavy atom. The first kappa shape index (κ1) is 10.7. The lowest BCUT2D eigenvalue weighted by Gasteiger charge is -2.08. The molecule has 3 nitrogen and oxygen atoms in total. The molecule has 1 N–H and O–H groups in total. The molecule has 3 heteroatoms. The number of hydrogen-bond acceptors (Lipinski definition) is 3. The number of aliphatic hydroxyl groups is 1. The summed E-state index contributed by atoms with van der Waals surface area (Å²) < 4.78 is 4.98. The molecule has 0 unspecified atom stereocenters. The SMILES string of the molecule is C[C@H](CO)C(=O)OCc1ccccc1. The molecule has 0 aliphatic carbocycles. The van der Waals surface area contributed by atoms with E-state index in [1.54, 1.807) is 6.92 Å². The van der Waals surface area contributed by atoms with Crippen LogP contribution >= 0.6 is 0 Å². The summed E-state index contributed by atoms with van der Waals surface area (Å²) >= 11 is 0. The van der Waals surface area contributed by atoms with E-state index in [2.05, 4.69) is 0 Å². The van der Waals surface area contributed by atoms with E-state index >= 15 is 0 Å². The molecule has 0 radical (unpaired) electrons. The molecule has 0 aliphatic rings. The molecule has 0 aromatic heterocycles. The predicted octanol–water partition coefficient (Wildman–Crippen LogP) is 1.36. The van der Waals surface area contributed by atoms with Crippen molar-refractivity contribution in [3.8, 4) is 0 Å². The molecule has 1 aromatic carbocycles. The first-order valence-electron chi connectivity index (χ1n) is 4.55. The summed E-state index contributed by atoms with van der Waals surface area (Å²) in [6.45, 7) is 1.73. The van der Waals surface area contributed by atoms with E-state index in [1.165, 1.54) is 0 Å². The van der Waals surface area contributed by atoms with Crippen LogP contribution in [0.25, 0.3) is 0 Å². The zero-order valence-electron chi connectivity index (χ0n) is 8.14. The summed E-state index contributed by atoms with van der Waals surface area (Å²) in [4.78, 5) is 11.2. The molecule has 0 saturated heterocycles. The van der Waals surface area contributed by atoms with Gasteiger partial charge in [0, 0.05) is 0 Å². The van der Waals surface area contributed by atoms with Crippen molar-refractivity contribution in [1.29, 1.82) is 0 Å². The third-order valence-corrected chi connectivity index (χ3v) is 1.90. The zero-order valence-corrected chi connectivity index (χ0v) is 8.14. The van der Waals surface area contributed by atoms with Crippen LogP contribution in [-0.2, 0) is 16.1 Å². The van der Waals surface area contributed by atoms with Crippen LogP contribution in [-0.4, -0.2) is 17.7 Å². The van der Waals surface area contributed by atoms with Gasteiger partial charge in [-0.25, -0.2) is 0 Å². The third kappa shape index (κ3) is 3.18. The van der Waals surface area contributed by atoms with Crippen LogP contribution in [0.5, 0.6) is 0 Å². The third-order valence-electron chi connectivity index (χ3n) is 1.90. The standard InChI is InChI=1S/C11H14O3/c1-9(7-12)11(13)14-8-10-5-3-2-4-6-10/h2-6,9,12H,7-8H2,1H3/t9-/m1/s1. The largest absolute Gasteiger partial charge is 0.461 e. The van der Waals surface area contributed by atoms with Gasteiger partial charge in [-0.05, 0) is 12.5 Å². The molecule has 1 aromatic rings. The fraction of sp³-hybridized carbons (Fsp3) is 0.364. The van der Waals surface area contributed by atoms with Gasteiger partial charge in [-0.2, -0.15) is 0 Å². The highest BCUT2D eigenvalue weighted by molar-refractivity contribution is 5.72. The van der Waals surface area contributed by atoms with E-state index in [4.69, 9.17) is 9.84 Å². The van der Waals surface area contributed by atoms with Crippen molar-refractivity contribution in [2.24, 2.45) is 5.92 Å². The highest BCUT2D eigenvalue weighted by atomic mass is 16.5. The number of ether oxygens (including phenoxy) is 1. The molecular formula is C11H14O3. The molecule has 14 heavy (non-hydrogen) atoms. The van der Waals surface area contributed by atoms with Crippen LogP contribution in [0.3, 0.4) is 0 Å². The summed E-state index contributed by atoms with van der Waals surface area (Å²) in [7, 11) is 0. The fourth-order valence-electron chi connectivity index (χ4n) is 0.945. The van der Waals surface area contributed by atoms with Crippen LogP contribution in [0, 0.1) is 5.92 Å². The van der Waals surface area contributed by atoms with Gasteiger partial charge in [0.25, 0.3) is 0 Å². The van der Waals surface area contributed by atoms with Crippen LogP contribution in [0.1, 0.15) is 12.5 Å². The molecular weight excluding hydrogens is 180 g/mol. The molecule has 0 spiro atoms. The van der Waals surface area contributed by atoms with E-state index in [9.17, 15) is 4.79 Å². The fourth-order valence-corrected chi connectivity index (χ4v) is 0.945. The number of hydrogen-bond donors (Lipinski definition) is 1. The van der Waals surface area contributed by atoms with Gasteiger partial charge in [-0.1, -0.05) is 30.3 Å². The second-order valence-electron chi connectivity index (χ2n) is 3.18. The monoisotopic (exact) mass is 194 g/mol. The van der Waals surface area contributed by atoms with Crippen LogP contribution < -0.4 is 0 Å². The Morgan fingerprint density at radius 3 is 2.64 bits per heavy atom. The molecule has 0 bridgehead atoms. The van der Waals surface area contributed by atoms with Crippen LogP contribution in [0.2, 0.25) is 0 Å². The Hall–Kier alpha value is -1.35. The Bertz CT molecular complexity index is 282. The highest BCUT2D eigenvalue weighted by Gasteiger charge is 2.12. The summed E-state index contributed by atoms with van der Waals surface area (Å²) in [5.41, 5.74) is 0.950. The number of carbonyl (C=O) groups is 1. The van der Waals surface area contributed by atoms with Gasteiger partial charge in [0.05, 0.1) is 12.5 Å².